The van der Waals surface area contributed by atoms with Crippen molar-refractivity contribution in [1.29, 1.82) is 0 Å². The van der Waals surface area contributed by atoms with Crippen molar-refractivity contribution in [2.75, 3.05) is 0 Å². The number of fused-ring (bicyclic) bond motifs is 2. The summed E-state index contributed by atoms with van der Waals surface area (Å²) in [6.45, 7) is 0. The molecule has 0 unspecified atom stereocenters. The summed E-state index contributed by atoms with van der Waals surface area (Å²) >= 11 is 6.47. The molecule has 7 rings (SSSR count). The summed E-state index contributed by atoms with van der Waals surface area (Å²) in [6.07, 6.45) is 12.1. The second-order valence-electron chi connectivity index (χ2n) is 8.96. The first-order chi connectivity index (χ1) is 14.3. The lowest BCUT2D eigenvalue weighted by molar-refractivity contribution is 0.357. The fourth-order valence-electron chi connectivity index (χ4n) is 5.82. The normalized spacial score (nSPS) is 23.5. The maximum absolute atomic E-state index is 6.47. The van der Waals surface area contributed by atoms with E-state index >= 15 is 0 Å². The van der Waals surface area contributed by atoms with Crippen LogP contribution in [0.5, 0.6) is 0 Å². The Balaban J connectivity index is 1.34. The minimum Gasteiger partial charge on any atom is -0.342 e. The number of nitrogens with one attached hydrogen (secondary N) is 1. The number of imidazole rings is 1. The summed E-state index contributed by atoms with van der Waals surface area (Å²) in [7, 11) is 0. The highest BCUT2D eigenvalue weighted by Crippen LogP contribution is 2.53. The molecule has 29 heavy (non-hydrogen) atoms. The van der Waals surface area contributed by atoms with E-state index in [4.69, 9.17) is 11.6 Å². The van der Waals surface area contributed by atoms with Crippen LogP contribution < -0.4 is 0 Å². The average Bonchev–Trinajstić information content (AvgIpc) is 3.47. The Morgan fingerprint density at radius 1 is 0.759 bits per heavy atom. The molecule has 0 radical (unpaired) electrons. The predicted octanol–water partition coefficient (Wildman–Crippen LogP) is 6.60. The van der Waals surface area contributed by atoms with Gasteiger partial charge in [0.25, 0.3) is 0 Å². The highest BCUT2D eigenvalue weighted by molar-refractivity contribution is 6.30. The molecule has 1 N–H and O–H groups in total. The quantitative estimate of drug-likeness (QED) is 0.535. The van der Waals surface area contributed by atoms with Crippen molar-refractivity contribution in [3.63, 3.8) is 0 Å². The van der Waals surface area contributed by atoms with E-state index in [9.17, 15) is 0 Å². The molecule has 0 atom stereocenters. The van der Waals surface area contributed by atoms with Gasteiger partial charge in [0.2, 0.25) is 0 Å². The van der Waals surface area contributed by atoms with Crippen molar-refractivity contribution in [2.45, 2.75) is 69.1 Å². The lowest BCUT2D eigenvalue weighted by Gasteiger charge is -2.39. The lowest BCUT2D eigenvalue weighted by Crippen LogP contribution is -2.24. The molecular formula is C24H25ClN4. The topological polar surface area (TPSA) is 54.5 Å². The van der Waals surface area contributed by atoms with Crippen molar-refractivity contribution in [3.8, 4) is 22.5 Å². The average molecular weight is 405 g/mol. The first-order valence-corrected chi connectivity index (χ1v) is 11.4. The molecular weight excluding hydrogens is 380 g/mol. The SMILES string of the molecule is Clc1nnc(-c2ccc(-c3cnc(C4CCCC4)[nH]3)cc2)c2c1C1CCC2CC1. The van der Waals surface area contributed by atoms with E-state index in [1.165, 1.54) is 68.1 Å². The Kier molecular flexibility index (Phi) is 4.22. The molecule has 1 aromatic carbocycles. The molecule has 0 spiro atoms. The van der Waals surface area contributed by atoms with Crippen LogP contribution in [-0.2, 0) is 0 Å². The minimum absolute atomic E-state index is 0.565. The van der Waals surface area contributed by atoms with Gasteiger partial charge < -0.3 is 4.98 Å². The Bertz CT molecular complexity index is 1040. The molecule has 0 amide bonds. The van der Waals surface area contributed by atoms with E-state index in [2.05, 4.69) is 44.4 Å². The summed E-state index contributed by atoms with van der Waals surface area (Å²) in [4.78, 5) is 8.21. The first-order valence-electron chi connectivity index (χ1n) is 11.0. The van der Waals surface area contributed by atoms with Crippen LogP contribution in [0.3, 0.4) is 0 Å². The number of H-pyrrole nitrogens is 1. The molecule has 0 saturated heterocycles. The van der Waals surface area contributed by atoms with E-state index in [0.717, 1.165) is 22.8 Å². The summed E-state index contributed by atoms with van der Waals surface area (Å²) in [6, 6.07) is 8.69. The minimum atomic E-state index is 0.565. The lowest BCUT2D eigenvalue weighted by atomic mass is 9.66. The Labute approximate surface area is 176 Å². The van der Waals surface area contributed by atoms with Crippen molar-refractivity contribution in [2.24, 2.45) is 0 Å². The number of benzene rings is 1. The molecule has 2 heterocycles. The smallest absolute Gasteiger partial charge is 0.155 e. The highest BCUT2D eigenvalue weighted by Gasteiger charge is 2.37. The predicted molar refractivity (Wildman–Crippen MR) is 115 cm³/mol. The molecule has 5 heteroatoms. The van der Waals surface area contributed by atoms with Crippen molar-refractivity contribution in [3.05, 3.63) is 52.6 Å². The van der Waals surface area contributed by atoms with Gasteiger partial charge in [-0.2, -0.15) is 0 Å². The second-order valence-corrected chi connectivity index (χ2v) is 9.31. The van der Waals surface area contributed by atoms with Crippen LogP contribution in [0, 0.1) is 0 Å². The van der Waals surface area contributed by atoms with Crippen molar-refractivity contribution in [1.82, 2.24) is 20.2 Å². The number of nitrogens with zero attached hydrogens (tertiary/aromatic N) is 3. The van der Waals surface area contributed by atoms with Gasteiger partial charge in [0, 0.05) is 17.0 Å². The molecule has 4 nitrogen and oxygen atoms in total. The fourth-order valence-corrected chi connectivity index (χ4v) is 6.12. The van der Waals surface area contributed by atoms with Gasteiger partial charge in [-0.1, -0.05) is 48.7 Å². The number of hydrogen-bond donors (Lipinski definition) is 1. The number of aromatic nitrogens is 4. The Morgan fingerprint density at radius 2 is 1.41 bits per heavy atom. The van der Waals surface area contributed by atoms with E-state index in [0.29, 0.717) is 22.9 Å². The zero-order valence-corrected chi connectivity index (χ0v) is 17.3. The van der Waals surface area contributed by atoms with Gasteiger partial charge in [-0.15, -0.1) is 10.2 Å². The van der Waals surface area contributed by atoms with Gasteiger partial charge in [-0.3, -0.25) is 0 Å². The maximum atomic E-state index is 6.47. The molecule has 2 saturated carbocycles. The molecule has 0 aliphatic heterocycles. The van der Waals surface area contributed by atoms with Gasteiger partial charge in [0.05, 0.1) is 17.6 Å². The monoisotopic (exact) mass is 404 g/mol. The van der Waals surface area contributed by atoms with Crippen LogP contribution in [-0.4, -0.2) is 20.2 Å². The third-order valence-corrected chi connectivity index (χ3v) is 7.63. The van der Waals surface area contributed by atoms with Crippen LogP contribution >= 0.6 is 11.6 Å². The number of aromatic amines is 1. The fraction of sp³-hybridized carbons (Fsp3) is 0.458. The maximum Gasteiger partial charge on any atom is 0.155 e. The summed E-state index contributed by atoms with van der Waals surface area (Å²) in [5.74, 6) is 2.90. The molecule has 2 bridgehead atoms. The molecule has 148 valence electrons. The Morgan fingerprint density at radius 3 is 2.14 bits per heavy atom. The van der Waals surface area contributed by atoms with Gasteiger partial charge in [-0.05, 0) is 61.5 Å². The van der Waals surface area contributed by atoms with Crippen LogP contribution in [0.2, 0.25) is 5.15 Å². The zero-order valence-electron chi connectivity index (χ0n) is 16.5. The van der Waals surface area contributed by atoms with Gasteiger partial charge in [-0.25, -0.2) is 4.98 Å². The number of halogens is 1. The number of hydrogen-bond acceptors (Lipinski definition) is 3. The van der Waals surface area contributed by atoms with E-state index in [1.54, 1.807) is 0 Å². The van der Waals surface area contributed by atoms with Gasteiger partial charge in [0.1, 0.15) is 5.82 Å². The molecule has 2 fully saturated rings. The summed E-state index contributed by atoms with van der Waals surface area (Å²) < 4.78 is 0. The summed E-state index contributed by atoms with van der Waals surface area (Å²) in [5.41, 5.74) is 7.08. The van der Waals surface area contributed by atoms with E-state index in [-0.39, 0.29) is 0 Å². The Hall–Kier alpha value is -2.20. The van der Waals surface area contributed by atoms with Crippen LogP contribution in [0.25, 0.3) is 22.5 Å². The van der Waals surface area contributed by atoms with E-state index < -0.39 is 0 Å². The van der Waals surface area contributed by atoms with E-state index in [1.807, 2.05) is 6.20 Å². The molecule has 4 aliphatic rings. The van der Waals surface area contributed by atoms with Gasteiger partial charge in [0.15, 0.2) is 5.15 Å². The first kappa shape index (κ1) is 17.6. The number of rotatable bonds is 3. The van der Waals surface area contributed by atoms with Crippen LogP contribution in [0.4, 0.5) is 0 Å². The van der Waals surface area contributed by atoms with Crippen molar-refractivity contribution >= 4 is 11.6 Å². The standard InChI is InChI=1S/C24H25ClN4/c25-23-21-16-9-7-15(8-10-16)20(21)22(28-29-23)17-11-5-14(6-12-17)19-13-26-24(27-19)18-3-1-2-4-18/h5-6,11-13,15-16,18H,1-4,7-10H2,(H,26,27). The van der Waals surface area contributed by atoms with Gasteiger partial charge >= 0.3 is 0 Å². The zero-order chi connectivity index (χ0) is 19.4. The van der Waals surface area contributed by atoms with Crippen LogP contribution in [0.1, 0.15) is 86.1 Å². The largest absolute Gasteiger partial charge is 0.342 e. The third-order valence-electron chi connectivity index (χ3n) is 7.36. The van der Waals surface area contributed by atoms with Crippen molar-refractivity contribution < 1.29 is 0 Å². The van der Waals surface area contributed by atoms with Crippen LogP contribution in [0.15, 0.2) is 30.5 Å². The molecule has 2 aromatic heterocycles. The highest BCUT2D eigenvalue weighted by atomic mass is 35.5. The summed E-state index contributed by atoms with van der Waals surface area (Å²) in [5, 5.41) is 9.47. The molecule has 4 aliphatic carbocycles. The third kappa shape index (κ3) is 2.92. The molecule has 3 aromatic rings. The second kappa shape index (κ2) is 6.94.